The van der Waals surface area contributed by atoms with Crippen LogP contribution in [0.4, 0.5) is 0 Å². The molecule has 0 aliphatic heterocycles. The number of hydrogen-bond acceptors (Lipinski definition) is 3. The van der Waals surface area contributed by atoms with Gasteiger partial charge in [-0.1, -0.05) is 20.3 Å². The molecule has 13 heavy (non-hydrogen) atoms. The summed E-state index contributed by atoms with van der Waals surface area (Å²) in [5, 5.41) is 7.43. The van der Waals surface area contributed by atoms with Gasteiger partial charge in [0.05, 0.1) is 6.61 Å². The van der Waals surface area contributed by atoms with E-state index in [9.17, 15) is 4.79 Å². The molecule has 1 amide bonds. The van der Waals surface area contributed by atoms with E-state index in [1.165, 1.54) is 0 Å². The lowest BCUT2D eigenvalue weighted by Gasteiger charge is -2.12. The lowest BCUT2D eigenvalue weighted by molar-refractivity contribution is -0.120. The first-order valence-electron chi connectivity index (χ1n) is 4.64. The molecule has 3 N–H and O–H groups in total. The molecule has 0 heterocycles. The normalized spacial score (nSPS) is 12.2. The van der Waals surface area contributed by atoms with Gasteiger partial charge in [0.1, 0.15) is 5.92 Å². The topological polar surface area (TPSA) is 76.2 Å². The Labute approximate surface area is 79.0 Å². The number of amides is 1. The van der Waals surface area contributed by atoms with Gasteiger partial charge in [0, 0.05) is 0 Å². The van der Waals surface area contributed by atoms with E-state index < -0.39 is 11.8 Å². The lowest BCUT2D eigenvalue weighted by Crippen LogP contribution is -2.31. The molecule has 1 unspecified atom stereocenters. The number of unbranched alkanes of at least 4 members (excludes halogenated alkanes) is 1. The van der Waals surface area contributed by atoms with Crippen LogP contribution >= 0.6 is 0 Å². The maximum Gasteiger partial charge on any atom is 0.229 e. The second kappa shape index (κ2) is 6.46. The van der Waals surface area contributed by atoms with Crippen LogP contribution in [0.5, 0.6) is 0 Å². The average Bonchev–Trinajstić information content (AvgIpc) is 2.05. The number of nitrogens with two attached hydrogens (primary N) is 1. The summed E-state index contributed by atoms with van der Waals surface area (Å²) in [5.74, 6) is -1.04. The fourth-order valence-electron chi connectivity index (χ4n) is 0.943. The zero-order valence-electron chi connectivity index (χ0n) is 8.30. The molecule has 0 aromatic rings. The first-order valence-corrected chi connectivity index (χ1v) is 4.64. The van der Waals surface area contributed by atoms with Crippen LogP contribution < -0.4 is 5.73 Å². The van der Waals surface area contributed by atoms with Crippen LogP contribution in [-0.2, 0) is 9.53 Å². The van der Waals surface area contributed by atoms with Gasteiger partial charge in [-0.2, -0.15) is 0 Å². The number of primary amides is 1. The molecule has 0 saturated carbocycles. The van der Waals surface area contributed by atoms with E-state index in [2.05, 4.69) is 0 Å². The quantitative estimate of drug-likeness (QED) is 0.372. The van der Waals surface area contributed by atoms with Crippen molar-refractivity contribution in [1.82, 2.24) is 0 Å². The molecule has 0 aliphatic rings. The lowest BCUT2D eigenvalue weighted by atomic mass is 10.1. The Morgan fingerprint density at radius 2 is 2.15 bits per heavy atom. The molecular weight excluding hydrogens is 168 g/mol. The molecule has 0 bridgehead atoms. The number of rotatable bonds is 6. The highest BCUT2D eigenvalue weighted by atomic mass is 16.5. The maximum absolute atomic E-state index is 10.8. The number of ether oxygens (including phenoxy) is 1. The van der Waals surface area contributed by atoms with Crippen LogP contribution in [0.2, 0.25) is 0 Å². The number of hydrogen-bond donors (Lipinski definition) is 2. The third kappa shape index (κ3) is 4.50. The van der Waals surface area contributed by atoms with Gasteiger partial charge in [0.15, 0.2) is 5.90 Å². The predicted octanol–water partition coefficient (Wildman–Crippen LogP) is 1.29. The Hall–Kier alpha value is -1.06. The zero-order chi connectivity index (χ0) is 10.3. The van der Waals surface area contributed by atoms with Gasteiger partial charge in [-0.25, -0.2) is 0 Å². The molecule has 4 nitrogen and oxygen atoms in total. The van der Waals surface area contributed by atoms with Crippen molar-refractivity contribution < 1.29 is 9.53 Å². The summed E-state index contributed by atoms with van der Waals surface area (Å²) in [6.45, 7) is 4.35. The third-order valence-corrected chi connectivity index (χ3v) is 1.82. The molecule has 0 aromatic carbocycles. The molecule has 0 radical (unpaired) electrons. The van der Waals surface area contributed by atoms with Crippen LogP contribution in [0.25, 0.3) is 0 Å². The number of carbonyl (C=O) groups is 1. The standard InChI is InChI=1S/C9H18N2O2/c1-3-5-6-13-9(11)7(4-2)8(10)12/h7,11H,3-6H2,1-2H3,(H2,10,12). The van der Waals surface area contributed by atoms with Gasteiger partial charge in [-0.3, -0.25) is 10.2 Å². The smallest absolute Gasteiger partial charge is 0.229 e. The Balaban J connectivity index is 3.85. The van der Waals surface area contributed by atoms with Crippen LogP contribution in [0.3, 0.4) is 0 Å². The molecule has 1 atom stereocenters. The van der Waals surface area contributed by atoms with Crippen molar-refractivity contribution in [2.24, 2.45) is 11.7 Å². The van der Waals surface area contributed by atoms with E-state index in [4.69, 9.17) is 15.9 Å². The fourth-order valence-corrected chi connectivity index (χ4v) is 0.943. The van der Waals surface area contributed by atoms with E-state index in [1.54, 1.807) is 0 Å². The largest absolute Gasteiger partial charge is 0.481 e. The minimum absolute atomic E-state index is 0.00319. The molecular formula is C9H18N2O2. The van der Waals surface area contributed by atoms with Crippen molar-refractivity contribution in [3.8, 4) is 0 Å². The summed E-state index contributed by atoms with van der Waals surface area (Å²) in [4.78, 5) is 10.8. The van der Waals surface area contributed by atoms with E-state index in [-0.39, 0.29) is 5.90 Å². The minimum atomic E-state index is -0.558. The Morgan fingerprint density at radius 3 is 2.54 bits per heavy atom. The van der Waals surface area contributed by atoms with Gasteiger partial charge in [0.2, 0.25) is 5.91 Å². The molecule has 0 rings (SSSR count). The van der Waals surface area contributed by atoms with Gasteiger partial charge in [-0.05, 0) is 12.8 Å². The molecule has 0 aromatic heterocycles. The van der Waals surface area contributed by atoms with Crippen LogP contribution in [0.15, 0.2) is 0 Å². The number of nitrogens with one attached hydrogen (secondary N) is 1. The van der Waals surface area contributed by atoms with Gasteiger partial charge < -0.3 is 10.5 Å². The van der Waals surface area contributed by atoms with E-state index in [0.29, 0.717) is 13.0 Å². The van der Waals surface area contributed by atoms with Crippen molar-refractivity contribution in [3.63, 3.8) is 0 Å². The second-order valence-corrected chi connectivity index (χ2v) is 2.93. The maximum atomic E-state index is 10.8. The second-order valence-electron chi connectivity index (χ2n) is 2.93. The highest BCUT2D eigenvalue weighted by molar-refractivity contribution is 5.98. The Kier molecular flexibility index (Phi) is 5.93. The van der Waals surface area contributed by atoms with E-state index in [1.807, 2.05) is 13.8 Å². The molecule has 0 fully saturated rings. The SMILES string of the molecule is CCCCOC(=N)C(CC)C(N)=O. The van der Waals surface area contributed by atoms with Gasteiger partial charge in [0.25, 0.3) is 0 Å². The molecule has 0 aliphatic carbocycles. The zero-order valence-corrected chi connectivity index (χ0v) is 8.30. The average molecular weight is 186 g/mol. The van der Waals surface area contributed by atoms with E-state index in [0.717, 1.165) is 12.8 Å². The van der Waals surface area contributed by atoms with Gasteiger partial charge >= 0.3 is 0 Å². The van der Waals surface area contributed by atoms with Crippen molar-refractivity contribution in [3.05, 3.63) is 0 Å². The highest BCUT2D eigenvalue weighted by Crippen LogP contribution is 2.05. The summed E-state index contributed by atoms with van der Waals surface area (Å²) < 4.78 is 5.08. The van der Waals surface area contributed by atoms with E-state index >= 15 is 0 Å². The summed E-state index contributed by atoms with van der Waals surface area (Å²) >= 11 is 0. The Bertz CT molecular complexity index is 180. The monoisotopic (exact) mass is 186 g/mol. The van der Waals surface area contributed by atoms with Crippen molar-refractivity contribution in [2.75, 3.05) is 6.61 Å². The van der Waals surface area contributed by atoms with Crippen molar-refractivity contribution >= 4 is 11.8 Å². The molecule has 0 spiro atoms. The first-order chi connectivity index (χ1) is 6.13. The molecule has 76 valence electrons. The summed E-state index contributed by atoms with van der Waals surface area (Å²) in [6.07, 6.45) is 2.44. The van der Waals surface area contributed by atoms with Crippen molar-refractivity contribution in [1.29, 1.82) is 5.41 Å². The summed E-state index contributed by atoms with van der Waals surface area (Å²) in [7, 11) is 0. The van der Waals surface area contributed by atoms with Crippen LogP contribution in [-0.4, -0.2) is 18.4 Å². The van der Waals surface area contributed by atoms with Crippen molar-refractivity contribution in [2.45, 2.75) is 33.1 Å². The third-order valence-electron chi connectivity index (χ3n) is 1.82. The van der Waals surface area contributed by atoms with Crippen LogP contribution in [0.1, 0.15) is 33.1 Å². The predicted molar refractivity (Wildman–Crippen MR) is 51.6 cm³/mol. The highest BCUT2D eigenvalue weighted by Gasteiger charge is 2.19. The molecule has 0 saturated heterocycles. The fraction of sp³-hybridized carbons (Fsp3) is 0.778. The minimum Gasteiger partial charge on any atom is -0.481 e. The van der Waals surface area contributed by atoms with Gasteiger partial charge in [-0.15, -0.1) is 0 Å². The first kappa shape index (κ1) is 11.9. The van der Waals surface area contributed by atoms with Crippen LogP contribution in [0, 0.1) is 11.3 Å². The summed E-state index contributed by atoms with van der Waals surface area (Å²) in [5.41, 5.74) is 5.09. The summed E-state index contributed by atoms with van der Waals surface area (Å²) in [6, 6.07) is 0. The Morgan fingerprint density at radius 1 is 1.54 bits per heavy atom. The molecule has 4 heteroatoms. The number of carbonyl (C=O) groups excluding carboxylic acids is 1.